The first-order chi connectivity index (χ1) is 11.4. The minimum absolute atomic E-state index is 0.0369. The Balaban J connectivity index is 1.95. The van der Waals surface area contributed by atoms with Crippen molar-refractivity contribution < 1.29 is 9.59 Å². The van der Waals surface area contributed by atoms with E-state index in [9.17, 15) is 9.59 Å². The Kier molecular flexibility index (Phi) is 6.35. The molecule has 0 atom stereocenters. The highest BCUT2D eigenvalue weighted by molar-refractivity contribution is 6.04. The first kappa shape index (κ1) is 18.4. The normalized spacial score (nSPS) is 15.7. The molecule has 1 fully saturated rings. The second-order valence-corrected chi connectivity index (χ2v) is 7.16. The molecule has 0 spiro atoms. The third-order valence-corrected chi connectivity index (χ3v) is 4.79. The maximum Gasteiger partial charge on any atom is 0.237 e. The van der Waals surface area contributed by atoms with Gasteiger partial charge in [-0.3, -0.25) is 14.6 Å². The molecule has 24 heavy (non-hydrogen) atoms. The van der Waals surface area contributed by atoms with E-state index in [0.717, 1.165) is 37.9 Å². The fourth-order valence-corrected chi connectivity index (χ4v) is 3.19. The maximum atomic E-state index is 12.9. The van der Waals surface area contributed by atoms with Crippen LogP contribution in [0.15, 0.2) is 24.5 Å². The van der Waals surface area contributed by atoms with E-state index in [4.69, 9.17) is 0 Å². The van der Waals surface area contributed by atoms with Crippen LogP contribution in [-0.2, 0) is 16.0 Å². The van der Waals surface area contributed by atoms with Crippen molar-refractivity contribution in [1.29, 1.82) is 0 Å². The molecule has 0 N–H and O–H groups in total. The van der Waals surface area contributed by atoms with E-state index in [1.54, 1.807) is 38.2 Å². The van der Waals surface area contributed by atoms with Crippen molar-refractivity contribution in [3.63, 3.8) is 0 Å². The van der Waals surface area contributed by atoms with E-state index in [-0.39, 0.29) is 11.8 Å². The number of carbonyl (C=O) groups is 2. The molecule has 1 aromatic rings. The van der Waals surface area contributed by atoms with Crippen LogP contribution in [0.3, 0.4) is 0 Å². The Morgan fingerprint density at radius 1 is 1.12 bits per heavy atom. The smallest absolute Gasteiger partial charge is 0.237 e. The van der Waals surface area contributed by atoms with E-state index in [2.05, 4.69) is 4.98 Å². The number of amides is 2. The highest BCUT2D eigenvalue weighted by Crippen LogP contribution is 2.24. The zero-order valence-electron chi connectivity index (χ0n) is 15.1. The van der Waals surface area contributed by atoms with E-state index in [1.807, 2.05) is 17.0 Å². The van der Waals surface area contributed by atoms with Crippen molar-refractivity contribution in [2.24, 2.45) is 5.41 Å². The number of likely N-dealkylation sites (N-methyl/N-ethyl adjacent to an activating group) is 1. The molecule has 5 heteroatoms. The number of carbonyl (C=O) groups excluding carboxylic acids is 2. The lowest BCUT2D eigenvalue weighted by atomic mass is 9.89. The van der Waals surface area contributed by atoms with Crippen LogP contribution in [0, 0.1) is 5.41 Å². The van der Waals surface area contributed by atoms with Crippen LogP contribution < -0.4 is 0 Å². The maximum absolute atomic E-state index is 12.9. The second-order valence-electron chi connectivity index (χ2n) is 7.16. The Labute approximate surface area is 145 Å². The molecule has 2 heterocycles. The molecule has 0 saturated carbocycles. The van der Waals surface area contributed by atoms with Gasteiger partial charge >= 0.3 is 0 Å². The Hall–Kier alpha value is -1.91. The molecule has 1 aliphatic heterocycles. The molecule has 0 unspecified atom stereocenters. The lowest BCUT2D eigenvalue weighted by molar-refractivity contribution is -0.153. The van der Waals surface area contributed by atoms with Crippen LogP contribution in [0.25, 0.3) is 0 Å². The van der Waals surface area contributed by atoms with Crippen molar-refractivity contribution in [2.45, 2.75) is 46.0 Å². The molecular formula is C19H29N3O2. The summed E-state index contributed by atoms with van der Waals surface area (Å²) in [6.07, 6.45) is 8.68. The van der Waals surface area contributed by atoms with Gasteiger partial charge in [0.25, 0.3) is 0 Å². The highest BCUT2D eigenvalue weighted by atomic mass is 16.2. The molecule has 5 nitrogen and oxygen atoms in total. The van der Waals surface area contributed by atoms with Gasteiger partial charge in [-0.2, -0.15) is 0 Å². The van der Waals surface area contributed by atoms with Gasteiger partial charge in [0.15, 0.2) is 0 Å². The minimum atomic E-state index is -1.00. The number of hydrogen-bond donors (Lipinski definition) is 0. The van der Waals surface area contributed by atoms with Crippen molar-refractivity contribution in [1.82, 2.24) is 14.8 Å². The standard InChI is InChI=1S/C19H29N3O2/c1-19(2,18(24)22-13-6-4-5-7-14-22)17(23)21(3)15-10-16-8-11-20-12-9-16/h8-9,11-12H,4-7,10,13-15H2,1-3H3. The van der Waals surface area contributed by atoms with E-state index < -0.39 is 5.41 Å². The first-order valence-corrected chi connectivity index (χ1v) is 8.87. The molecule has 0 aromatic carbocycles. The van der Waals surface area contributed by atoms with Crippen LogP contribution in [-0.4, -0.2) is 53.3 Å². The molecule has 2 rings (SSSR count). The van der Waals surface area contributed by atoms with Crippen LogP contribution >= 0.6 is 0 Å². The average Bonchev–Trinajstić information content (AvgIpc) is 2.88. The summed E-state index contributed by atoms with van der Waals surface area (Å²) in [5, 5.41) is 0. The molecule has 0 aliphatic carbocycles. The van der Waals surface area contributed by atoms with Gasteiger partial charge in [0, 0.05) is 39.1 Å². The van der Waals surface area contributed by atoms with Crippen LogP contribution in [0.1, 0.15) is 45.1 Å². The predicted octanol–water partition coefficient (Wildman–Crippen LogP) is 2.51. The Bertz CT molecular complexity index is 549. The molecule has 1 aliphatic rings. The summed E-state index contributed by atoms with van der Waals surface area (Å²) in [5.74, 6) is -0.143. The van der Waals surface area contributed by atoms with E-state index >= 15 is 0 Å². The fraction of sp³-hybridized carbons (Fsp3) is 0.632. The molecule has 0 radical (unpaired) electrons. The van der Waals surface area contributed by atoms with Crippen LogP contribution in [0.5, 0.6) is 0 Å². The molecule has 132 valence electrons. The third-order valence-electron chi connectivity index (χ3n) is 4.79. The minimum Gasteiger partial charge on any atom is -0.345 e. The van der Waals surface area contributed by atoms with Gasteiger partial charge in [0.05, 0.1) is 0 Å². The Morgan fingerprint density at radius 3 is 2.29 bits per heavy atom. The van der Waals surface area contributed by atoms with Crippen molar-refractivity contribution >= 4 is 11.8 Å². The number of hydrogen-bond acceptors (Lipinski definition) is 3. The van der Waals surface area contributed by atoms with Gasteiger partial charge in [0.1, 0.15) is 5.41 Å². The largest absolute Gasteiger partial charge is 0.345 e. The number of pyridine rings is 1. The molecule has 1 saturated heterocycles. The summed E-state index contributed by atoms with van der Waals surface area (Å²) in [6, 6.07) is 3.90. The lowest BCUT2D eigenvalue weighted by Crippen LogP contribution is -2.50. The van der Waals surface area contributed by atoms with E-state index in [1.165, 1.54) is 12.8 Å². The SMILES string of the molecule is CN(CCc1ccncc1)C(=O)C(C)(C)C(=O)N1CCCCCC1. The summed E-state index contributed by atoms with van der Waals surface area (Å²) < 4.78 is 0. The van der Waals surface area contributed by atoms with Gasteiger partial charge in [-0.1, -0.05) is 12.8 Å². The Morgan fingerprint density at radius 2 is 1.71 bits per heavy atom. The number of nitrogens with zero attached hydrogens (tertiary/aromatic N) is 3. The van der Waals surface area contributed by atoms with Gasteiger partial charge in [-0.15, -0.1) is 0 Å². The molecule has 1 aromatic heterocycles. The average molecular weight is 331 g/mol. The summed E-state index contributed by atoms with van der Waals surface area (Å²) in [5.41, 5.74) is 0.137. The summed E-state index contributed by atoms with van der Waals surface area (Å²) >= 11 is 0. The summed E-state index contributed by atoms with van der Waals surface area (Å²) in [6.45, 7) is 5.66. The second kappa shape index (κ2) is 8.27. The third kappa shape index (κ3) is 4.56. The number of aromatic nitrogens is 1. The van der Waals surface area contributed by atoms with Gasteiger partial charge in [0.2, 0.25) is 11.8 Å². The molecule has 2 amide bonds. The predicted molar refractivity (Wildman–Crippen MR) is 94.4 cm³/mol. The topological polar surface area (TPSA) is 53.5 Å². The summed E-state index contributed by atoms with van der Waals surface area (Å²) in [7, 11) is 1.78. The monoisotopic (exact) mass is 331 g/mol. The van der Waals surface area contributed by atoms with Crippen molar-refractivity contribution in [3.8, 4) is 0 Å². The number of likely N-dealkylation sites (tertiary alicyclic amines) is 1. The van der Waals surface area contributed by atoms with E-state index in [0.29, 0.717) is 6.54 Å². The highest BCUT2D eigenvalue weighted by Gasteiger charge is 2.40. The summed E-state index contributed by atoms with van der Waals surface area (Å²) in [4.78, 5) is 33.2. The first-order valence-electron chi connectivity index (χ1n) is 8.87. The quantitative estimate of drug-likeness (QED) is 0.779. The van der Waals surface area contributed by atoms with Crippen LogP contribution in [0.2, 0.25) is 0 Å². The molecule has 0 bridgehead atoms. The van der Waals surface area contributed by atoms with Crippen LogP contribution in [0.4, 0.5) is 0 Å². The number of rotatable bonds is 5. The van der Waals surface area contributed by atoms with Crippen molar-refractivity contribution in [3.05, 3.63) is 30.1 Å². The zero-order valence-corrected chi connectivity index (χ0v) is 15.1. The zero-order chi connectivity index (χ0) is 17.6. The van der Waals surface area contributed by atoms with Gasteiger partial charge < -0.3 is 9.80 Å². The van der Waals surface area contributed by atoms with Gasteiger partial charge in [-0.05, 0) is 50.8 Å². The molecular weight excluding hydrogens is 302 g/mol. The fourth-order valence-electron chi connectivity index (χ4n) is 3.19. The van der Waals surface area contributed by atoms with Gasteiger partial charge in [-0.25, -0.2) is 0 Å². The lowest BCUT2D eigenvalue weighted by Gasteiger charge is -2.33. The van der Waals surface area contributed by atoms with Crippen molar-refractivity contribution in [2.75, 3.05) is 26.7 Å².